The summed E-state index contributed by atoms with van der Waals surface area (Å²) >= 11 is 0. The number of para-hydroxylation sites is 2. The molecule has 0 aliphatic carbocycles. The Bertz CT molecular complexity index is 826. The summed E-state index contributed by atoms with van der Waals surface area (Å²) in [5.74, 6) is -1.22. The second-order valence-corrected chi connectivity index (χ2v) is 6.69. The SMILES string of the molecule is O=S(=O)(NCC1COc2ccccc2O1)c1ccc(F)c(F)c1. The maximum absolute atomic E-state index is 13.2. The lowest BCUT2D eigenvalue weighted by Crippen LogP contribution is -2.40. The summed E-state index contributed by atoms with van der Waals surface area (Å²) in [6.45, 7) is 0.118. The number of hydrogen-bond donors (Lipinski definition) is 1. The fourth-order valence-corrected chi connectivity index (χ4v) is 3.17. The van der Waals surface area contributed by atoms with Gasteiger partial charge in [-0.25, -0.2) is 21.9 Å². The van der Waals surface area contributed by atoms with Crippen molar-refractivity contribution in [1.82, 2.24) is 4.72 Å². The molecule has 0 spiro atoms. The minimum absolute atomic E-state index is 0.0599. The van der Waals surface area contributed by atoms with Gasteiger partial charge < -0.3 is 9.47 Å². The number of benzene rings is 2. The number of halogens is 2. The molecule has 1 N–H and O–H groups in total. The van der Waals surface area contributed by atoms with Crippen molar-refractivity contribution in [2.45, 2.75) is 11.0 Å². The summed E-state index contributed by atoms with van der Waals surface area (Å²) in [6, 6.07) is 9.42. The van der Waals surface area contributed by atoms with E-state index in [2.05, 4.69) is 4.72 Å². The van der Waals surface area contributed by atoms with Gasteiger partial charge in [0.1, 0.15) is 12.7 Å². The third-order valence-electron chi connectivity index (χ3n) is 3.27. The van der Waals surface area contributed by atoms with Gasteiger partial charge in [-0.1, -0.05) is 12.1 Å². The van der Waals surface area contributed by atoms with Crippen LogP contribution in [0.15, 0.2) is 47.4 Å². The van der Waals surface area contributed by atoms with Crippen molar-refractivity contribution < 1.29 is 26.7 Å². The molecule has 1 heterocycles. The number of ether oxygens (including phenoxy) is 2. The van der Waals surface area contributed by atoms with Crippen LogP contribution in [0.5, 0.6) is 11.5 Å². The van der Waals surface area contributed by atoms with E-state index in [0.717, 1.165) is 12.1 Å². The maximum atomic E-state index is 13.2. The molecule has 1 aliphatic rings. The molecular formula is C15H13F2NO4S. The monoisotopic (exact) mass is 341 g/mol. The molecule has 8 heteroatoms. The highest BCUT2D eigenvalue weighted by atomic mass is 32.2. The molecule has 0 radical (unpaired) electrons. The van der Waals surface area contributed by atoms with Crippen molar-refractivity contribution in [3.63, 3.8) is 0 Å². The summed E-state index contributed by atoms with van der Waals surface area (Å²) < 4.78 is 63.6. The number of fused-ring (bicyclic) bond motifs is 1. The minimum Gasteiger partial charge on any atom is -0.486 e. The molecule has 0 bridgehead atoms. The second kappa shape index (κ2) is 6.13. The molecule has 0 saturated carbocycles. The van der Waals surface area contributed by atoms with Crippen LogP contribution in [0.4, 0.5) is 8.78 Å². The van der Waals surface area contributed by atoms with Crippen LogP contribution in [0.25, 0.3) is 0 Å². The Balaban J connectivity index is 1.67. The molecule has 1 aliphatic heterocycles. The van der Waals surface area contributed by atoms with Crippen LogP contribution in [0.3, 0.4) is 0 Å². The third kappa shape index (κ3) is 3.43. The zero-order chi connectivity index (χ0) is 16.4. The number of nitrogens with one attached hydrogen (secondary N) is 1. The van der Waals surface area contributed by atoms with Crippen molar-refractivity contribution in [2.24, 2.45) is 0 Å². The molecule has 23 heavy (non-hydrogen) atoms. The number of hydrogen-bond acceptors (Lipinski definition) is 4. The lowest BCUT2D eigenvalue weighted by molar-refractivity contribution is 0.0943. The summed E-state index contributed by atoms with van der Waals surface area (Å²) in [4.78, 5) is -0.353. The van der Waals surface area contributed by atoms with Gasteiger partial charge in [0.05, 0.1) is 11.4 Å². The normalized spacial score (nSPS) is 17.0. The van der Waals surface area contributed by atoms with Crippen molar-refractivity contribution in [3.8, 4) is 11.5 Å². The van der Waals surface area contributed by atoms with E-state index in [-0.39, 0.29) is 18.0 Å². The third-order valence-corrected chi connectivity index (χ3v) is 4.69. The zero-order valence-electron chi connectivity index (χ0n) is 11.8. The molecule has 2 aromatic carbocycles. The predicted octanol–water partition coefficient (Wildman–Crippen LogP) is 2.08. The van der Waals surface area contributed by atoms with E-state index in [4.69, 9.17) is 9.47 Å². The Labute approximate surface area is 131 Å². The maximum Gasteiger partial charge on any atom is 0.240 e. The van der Waals surface area contributed by atoms with Gasteiger partial charge >= 0.3 is 0 Å². The second-order valence-electron chi connectivity index (χ2n) is 4.93. The first-order valence-corrected chi connectivity index (χ1v) is 8.27. The quantitative estimate of drug-likeness (QED) is 0.925. The molecule has 1 atom stereocenters. The van der Waals surface area contributed by atoms with Crippen LogP contribution in [0.1, 0.15) is 0 Å². The van der Waals surface area contributed by atoms with Crippen molar-refractivity contribution in [3.05, 3.63) is 54.1 Å². The van der Waals surface area contributed by atoms with Crippen LogP contribution in [-0.4, -0.2) is 27.7 Å². The van der Waals surface area contributed by atoms with E-state index in [1.165, 1.54) is 0 Å². The van der Waals surface area contributed by atoms with Gasteiger partial charge in [0.15, 0.2) is 23.1 Å². The lowest BCUT2D eigenvalue weighted by atomic mass is 10.2. The van der Waals surface area contributed by atoms with Gasteiger partial charge in [-0.15, -0.1) is 0 Å². The Kier molecular flexibility index (Phi) is 4.18. The van der Waals surface area contributed by atoms with Crippen LogP contribution in [0, 0.1) is 11.6 Å². The summed E-state index contributed by atoms with van der Waals surface area (Å²) in [5, 5.41) is 0. The lowest BCUT2D eigenvalue weighted by Gasteiger charge is -2.26. The molecule has 5 nitrogen and oxygen atoms in total. The van der Waals surface area contributed by atoms with Crippen molar-refractivity contribution in [2.75, 3.05) is 13.2 Å². The average Bonchev–Trinajstić information content (AvgIpc) is 2.55. The Morgan fingerprint density at radius 1 is 1.09 bits per heavy atom. The number of sulfonamides is 1. The zero-order valence-corrected chi connectivity index (χ0v) is 12.6. The van der Waals surface area contributed by atoms with Gasteiger partial charge in [-0.05, 0) is 30.3 Å². The van der Waals surface area contributed by atoms with Gasteiger partial charge in [0.25, 0.3) is 0 Å². The Hall–Kier alpha value is -2.19. The average molecular weight is 341 g/mol. The van der Waals surface area contributed by atoms with E-state index in [0.29, 0.717) is 17.6 Å². The molecule has 0 saturated heterocycles. The van der Waals surface area contributed by atoms with Gasteiger partial charge in [0, 0.05) is 0 Å². The fourth-order valence-electron chi connectivity index (χ4n) is 2.09. The van der Waals surface area contributed by atoms with Crippen molar-refractivity contribution >= 4 is 10.0 Å². The largest absolute Gasteiger partial charge is 0.486 e. The van der Waals surface area contributed by atoms with Crippen LogP contribution in [0.2, 0.25) is 0 Å². The van der Waals surface area contributed by atoms with Gasteiger partial charge in [-0.3, -0.25) is 0 Å². The molecule has 1 unspecified atom stereocenters. The molecule has 0 aromatic heterocycles. The highest BCUT2D eigenvalue weighted by Crippen LogP contribution is 2.30. The van der Waals surface area contributed by atoms with E-state index in [1.807, 2.05) is 0 Å². The molecular weight excluding hydrogens is 328 g/mol. The molecule has 3 rings (SSSR count). The summed E-state index contributed by atoms with van der Waals surface area (Å²) in [5.41, 5.74) is 0. The standard InChI is InChI=1S/C15H13F2NO4S/c16-12-6-5-11(7-13(12)17)23(19,20)18-8-10-9-21-14-3-1-2-4-15(14)22-10/h1-7,10,18H,8-9H2. The Morgan fingerprint density at radius 3 is 2.57 bits per heavy atom. The summed E-state index contributed by atoms with van der Waals surface area (Å²) in [6.07, 6.45) is -0.523. The summed E-state index contributed by atoms with van der Waals surface area (Å²) in [7, 11) is -3.97. The number of rotatable bonds is 4. The minimum atomic E-state index is -3.97. The van der Waals surface area contributed by atoms with Crippen LogP contribution < -0.4 is 14.2 Å². The predicted molar refractivity (Wildman–Crippen MR) is 77.9 cm³/mol. The van der Waals surface area contributed by atoms with Crippen LogP contribution in [-0.2, 0) is 10.0 Å². The first kappa shape index (κ1) is 15.7. The van der Waals surface area contributed by atoms with E-state index >= 15 is 0 Å². The first-order chi connectivity index (χ1) is 11.0. The molecule has 0 fully saturated rings. The van der Waals surface area contributed by atoms with E-state index in [1.54, 1.807) is 24.3 Å². The Morgan fingerprint density at radius 2 is 1.83 bits per heavy atom. The van der Waals surface area contributed by atoms with E-state index in [9.17, 15) is 17.2 Å². The molecule has 2 aromatic rings. The van der Waals surface area contributed by atoms with Crippen molar-refractivity contribution in [1.29, 1.82) is 0 Å². The van der Waals surface area contributed by atoms with Gasteiger partial charge in [-0.2, -0.15) is 0 Å². The molecule has 122 valence electrons. The molecule has 0 amide bonds. The van der Waals surface area contributed by atoms with E-state index < -0.39 is 27.8 Å². The topological polar surface area (TPSA) is 64.6 Å². The van der Waals surface area contributed by atoms with Gasteiger partial charge in [0.2, 0.25) is 10.0 Å². The first-order valence-electron chi connectivity index (χ1n) is 6.79. The highest BCUT2D eigenvalue weighted by molar-refractivity contribution is 7.89. The van der Waals surface area contributed by atoms with Crippen LogP contribution >= 0.6 is 0 Å². The fraction of sp³-hybridized carbons (Fsp3) is 0.200. The smallest absolute Gasteiger partial charge is 0.240 e. The highest BCUT2D eigenvalue weighted by Gasteiger charge is 2.23.